The van der Waals surface area contributed by atoms with Crippen molar-refractivity contribution in [2.24, 2.45) is 20.5 Å². The molecule has 6 rings (SSSR count). The summed E-state index contributed by atoms with van der Waals surface area (Å²) in [7, 11) is -4.63. The van der Waals surface area contributed by atoms with E-state index in [1.807, 2.05) is 6.07 Å². The fourth-order valence-corrected chi connectivity index (χ4v) is 4.97. The van der Waals surface area contributed by atoms with Crippen molar-refractivity contribution in [3.05, 3.63) is 123 Å². The van der Waals surface area contributed by atoms with Gasteiger partial charge >= 0.3 is 20.2 Å². The third kappa shape index (κ3) is 9.31. The Morgan fingerprint density at radius 3 is 1.38 bits per heavy atom. The number of aromatic nitrogens is 4. The van der Waals surface area contributed by atoms with Crippen LogP contribution in [0.1, 0.15) is 14.2 Å². The predicted molar refractivity (Wildman–Crippen MR) is 179 cm³/mol. The Kier molecular flexibility index (Phi) is 12.4. The molecule has 0 saturated heterocycles. The summed E-state index contributed by atoms with van der Waals surface area (Å²) in [5.74, 6) is -2.56. The molecule has 1 radical (unpaired) electrons. The first-order valence-electron chi connectivity index (χ1n) is 14.9. The monoisotopic (exact) mass is 807 g/mol. The van der Waals surface area contributed by atoms with E-state index in [0.29, 0.717) is 11.4 Å². The number of nitro benzene ring substituents is 2. The zero-order valence-electron chi connectivity index (χ0n) is 29.9. The van der Waals surface area contributed by atoms with Gasteiger partial charge in [0.15, 0.2) is 0 Å². The molecule has 0 atom stereocenters. The van der Waals surface area contributed by atoms with E-state index >= 15 is 0 Å². The summed E-state index contributed by atoms with van der Waals surface area (Å²) in [6, 6.07) is 19.5. The van der Waals surface area contributed by atoms with Gasteiger partial charge in [0.25, 0.3) is 11.4 Å². The fraction of sp³-hybridized carbons (Fsp3) is 0.0625. The number of para-hydroxylation sites is 1. The van der Waals surface area contributed by atoms with E-state index in [0.717, 1.165) is 47.1 Å². The van der Waals surface area contributed by atoms with Crippen LogP contribution in [0.5, 0.6) is 23.3 Å². The third-order valence-corrected chi connectivity index (χ3v) is 8.02. The zero-order chi connectivity index (χ0) is 39.3. The molecule has 279 valence electrons. The molecular weight excluding hydrogens is 784 g/mol. The maximum absolute atomic E-state index is 12.5. The quantitative estimate of drug-likeness (QED) is 0.0845. The van der Waals surface area contributed by atoms with Gasteiger partial charge in [-0.3, -0.25) is 20.2 Å². The average molecular weight is 808 g/mol. The number of nitrogens with zero attached hydrogens (tertiary/aromatic N) is 10. The number of hydrogen-bond donors (Lipinski definition) is 0. The molecule has 2 aromatic heterocycles. The molecule has 23 heteroatoms. The van der Waals surface area contributed by atoms with Crippen LogP contribution in [0.3, 0.4) is 0 Å². The molecule has 0 spiro atoms. The zero-order valence-corrected chi connectivity index (χ0v) is 30.0. The smallest absolute Gasteiger partial charge is 0.871 e. The van der Waals surface area contributed by atoms with E-state index in [9.17, 15) is 53.6 Å². The van der Waals surface area contributed by atoms with Crippen LogP contribution in [0.25, 0.3) is 11.4 Å². The molecule has 0 unspecified atom stereocenters. The summed E-state index contributed by atoms with van der Waals surface area (Å²) in [4.78, 5) is 19.4. The molecule has 4 aromatic carbocycles. The van der Waals surface area contributed by atoms with Crippen LogP contribution in [-0.4, -0.2) is 42.4 Å². The van der Waals surface area contributed by atoms with Gasteiger partial charge in [0, 0.05) is 36.0 Å². The van der Waals surface area contributed by atoms with Crippen LogP contribution in [0.2, 0.25) is 0 Å². The van der Waals surface area contributed by atoms with E-state index in [-0.39, 0.29) is 60.0 Å². The molecule has 0 aliphatic rings. The van der Waals surface area contributed by atoms with Gasteiger partial charge in [-0.2, -0.15) is 20.4 Å². The fourth-order valence-electron chi connectivity index (χ4n) is 4.50. The second-order valence-corrected chi connectivity index (χ2v) is 12.2. The van der Waals surface area contributed by atoms with Gasteiger partial charge in [-0.1, -0.05) is 29.7 Å². The van der Waals surface area contributed by atoms with Crippen LogP contribution in [0, 0.1) is 34.1 Å². The van der Waals surface area contributed by atoms with Crippen molar-refractivity contribution >= 4 is 44.2 Å². The SMILES string of the molecule is Cc1nn(-c2ccc(S(=O)(=O)[O-])cc2)c([O-])c1N=Nc1ccc([N+](=O)[O-])cc1[O-].Cc1nn(-c2ccccc2)c([O-])c1N=Nc1ccc([N+](=O)[O-])cc1[O-].[Cr+3].[H+].[H+]. The summed E-state index contributed by atoms with van der Waals surface area (Å²) in [6.45, 7) is 3.07. The molecular formula is C32H23CrN10O11S. The first-order valence-corrected chi connectivity index (χ1v) is 16.4. The van der Waals surface area contributed by atoms with Crippen LogP contribution < -0.4 is 20.4 Å². The molecule has 21 nitrogen and oxygen atoms in total. The van der Waals surface area contributed by atoms with Crippen LogP contribution in [0.15, 0.2) is 116 Å². The summed E-state index contributed by atoms with van der Waals surface area (Å²) in [5.41, 5.74) is 0.0886. The van der Waals surface area contributed by atoms with Gasteiger partial charge in [-0.15, -0.1) is 10.2 Å². The summed E-state index contributed by atoms with van der Waals surface area (Å²) in [5, 5.41) is 93.0. The van der Waals surface area contributed by atoms with E-state index in [1.165, 1.54) is 29.8 Å². The van der Waals surface area contributed by atoms with Crippen molar-refractivity contribution < 1.29 is 63.5 Å². The molecule has 0 aliphatic heterocycles. The Hall–Kier alpha value is -7.06. The Labute approximate surface area is 323 Å². The topological polar surface area (TPSA) is 321 Å². The number of rotatable bonds is 9. The Morgan fingerprint density at radius 2 is 1.02 bits per heavy atom. The molecule has 0 aliphatic carbocycles. The number of hydrogen-bond acceptors (Lipinski definition) is 17. The minimum atomic E-state index is -4.63. The molecule has 0 amide bonds. The van der Waals surface area contributed by atoms with Crippen molar-refractivity contribution in [1.29, 1.82) is 0 Å². The number of nitro groups is 2. The van der Waals surface area contributed by atoms with Gasteiger partial charge in [-0.25, -0.2) is 17.8 Å². The van der Waals surface area contributed by atoms with Crippen molar-refractivity contribution in [2.75, 3.05) is 0 Å². The summed E-state index contributed by atoms with van der Waals surface area (Å²) in [6.07, 6.45) is 0. The third-order valence-electron chi connectivity index (χ3n) is 7.17. The van der Waals surface area contributed by atoms with E-state index in [1.54, 1.807) is 31.2 Å². The molecule has 0 saturated carbocycles. The Bertz CT molecular complexity index is 2570. The minimum Gasteiger partial charge on any atom is -0.871 e. The molecule has 6 aromatic rings. The first kappa shape index (κ1) is 40.7. The summed E-state index contributed by atoms with van der Waals surface area (Å²) >= 11 is 0. The van der Waals surface area contributed by atoms with Gasteiger partial charge in [0.2, 0.25) is 0 Å². The Morgan fingerprint density at radius 1 is 0.618 bits per heavy atom. The van der Waals surface area contributed by atoms with Crippen molar-refractivity contribution in [1.82, 2.24) is 19.6 Å². The van der Waals surface area contributed by atoms with Crippen LogP contribution in [-0.2, 0) is 27.5 Å². The number of non-ortho nitro benzene ring substituents is 2. The van der Waals surface area contributed by atoms with Crippen molar-refractivity contribution in [3.8, 4) is 34.6 Å². The minimum absolute atomic E-state index is 0. The van der Waals surface area contributed by atoms with E-state index in [2.05, 4.69) is 30.7 Å². The Balaban J connectivity index is 0.000000377. The maximum atomic E-state index is 12.5. The molecule has 0 N–H and O–H groups in total. The van der Waals surface area contributed by atoms with Crippen LogP contribution >= 0.6 is 0 Å². The number of azo groups is 2. The summed E-state index contributed by atoms with van der Waals surface area (Å²) < 4.78 is 35.1. The van der Waals surface area contributed by atoms with E-state index in [4.69, 9.17) is 0 Å². The molecule has 2 heterocycles. The molecule has 0 bridgehead atoms. The van der Waals surface area contributed by atoms with Gasteiger partial charge in [0.1, 0.15) is 21.5 Å². The van der Waals surface area contributed by atoms with Crippen molar-refractivity contribution in [2.45, 2.75) is 18.7 Å². The van der Waals surface area contributed by atoms with Gasteiger partial charge in [0.05, 0.1) is 48.9 Å². The number of aryl methyl sites for hydroxylation is 2. The second kappa shape index (κ2) is 16.7. The van der Waals surface area contributed by atoms with Crippen molar-refractivity contribution in [3.63, 3.8) is 0 Å². The van der Waals surface area contributed by atoms with Gasteiger partial charge < -0.3 is 25.0 Å². The maximum Gasteiger partial charge on any atom is 3.00 e. The predicted octanol–water partition coefficient (Wildman–Crippen LogP) is 4.43. The van der Waals surface area contributed by atoms with E-state index < -0.39 is 53.8 Å². The van der Waals surface area contributed by atoms with Gasteiger partial charge in [-0.05, 0) is 62.4 Å². The molecule has 0 fully saturated rings. The average Bonchev–Trinajstić information content (AvgIpc) is 3.59. The number of benzene rings is 4. The van der Waals surface area contributed by atoms with Crippen LogP contribution in [0.4, 0.5) is 34.1 Å². The first-order chi connectivity index (χ1) is 25.5. The standard InChI is InChI=1S/C16H13N5O7S.C16H13N5O4.Cr/c1-9-15(18-17-13-7-4-11(21(24)25)8-14(13)22)16(23)20(19-9)10-2-5-12(6-3-10)29(26,27)28;1-10-15(16(23)20(19-10)11-5-3-2-4-6-11)18-17-13-8-7-12(21(24)25)9-14(13)22;/h2-8,22-23H,1H3,(H,26,27,28);2-9,22-23H,1H3;/q;;+3/p-3. The molecule has 55 heavy (non-hydrogen) atoms. The largest absolute Gasteiger partial charge is 3.00 e. The second-order valence-electron chi connectivity index (χ2n) is 10.8. The normalized spacial score (nSPS) is 11.3.